The SMILES string of the molecule is CC(C)(C)OC(=O)NC1CN(C(=O)OC(C)(C)C)CC1F. The Bertz CT molecular complexity index is 401. The van der Waals surface area contributed by atoms with Crippen molar-refractivity contribution in [1.29, 1.82) is 0 Å². The first-order valence-corrected chi connectivity index (χ1v) is 6.99. The molecular weight excluding hydrogens is 279 g/mol. The molecule has 0 spiro atoms. The van der Waals surface area contributed by atoms with Crippen LogP contribution in [0.25, 0.3) is 0 Å². The Kier molecular flexibility index (Phi) is 5.07. The molecule has 0 aliphatic carbocycles. The number of ether oxygens (including phenoxy) is 2. The highest BCUT2D eigenvalue weighted by molar-refractivity contribution is 5.70. The lowest BCUT2D eigenvalue weighted by atomic mass is 10.2. The third-order valence-corrected chi connectivity index (χ3v) is 2.60. The van der Waals surface area contributed by atoms with Gasteiger partial charge in [-0.25, -0.2) is 14.0 Å². The van der Waals surface area contributed by atoms with E-state index in [0.29, 0.717) is 0 Å². The van der Waals surface area contributed by atoms with E-state index < -0.39 is 35.6 Å². The third kappa shape index (κ3) is 6.18. The zero-order chi connectivity index (χ0) is 16.4. The van der Waals surface area contributed by atoms with Crippen LogP contribution in [0.3, 0.4) is 0 Å². The zero-order valence-electron chi connectivity index (χ0n) is 13.5. The van der Waals surface area contributed by atoms with Gasteiger partial charge in [-0.2, -0.15) is 0 Å². The summed E-state index contributed by atoms with van der Waals surface area (Å²) in [6.07, 6.45) is -2.62. The second-order valence-corrected chi connectivity index (χ2v) is 7.15. The zero-order valence-corrected chi connectivity index (χ0v) is 13.5. The van der Waals surface area contributed by atoms with Gasteiger partial charge in [0.05, 0.1) is 12.6 Å². The second kappa shape index (κ2) is 6.07. The van der Waals surface area contributed by atoms with Gasteiger partial charge in [-0.1, -0.05) is 0 Å². The molecule has 0 aromatic heterocycles. The standard InChI is InChI=1S/C14H25FN2O4/c1-13(2,3)20-11(18)16-10-8-17(7-9(10)15)12(19)21-14(4,5)6/h9-10H,7-8H2,1-6H3,(H,16,18). The van der Waals surface area contributed by atoms with Crippen molar-refractivity contribution in [2.75, 3.05) is 13.1 Å². The van der Waals surface area contributed by atoms with Gasteiger partial charge in [0.2, 0.25) is 0 Å². The number of nitrogens with zero attached hydrogens (tertiary/aromatic N) is 1. The van der Waals surface area contributed by atoms with Crippen molar-refractivity contribution in [3.63, 3.8) is 0 Å². The highest BCUT2D eigenvalue weighted by Crippen LogP contribution is 2.18. The van der Waals surface area contributed by atoms with Crippen LogP contribution in [0, 0.1) is 0 Å². The summed E-state index contributed by atoms with van der Waals surface area (Å²) in [5, 5.41) is 2.45. The van der Waals surface area contributed by atoms with Crippen LogP contribution in [0.15, 0.2) is 0 Å². The van der Waals surface area contributed by atoms with E-state index in [1.54, 1.807) is 41.5 Å². The predicted octanol–water partition coefficient (Wildman–Crippen LogP) is 2.47. The van der Waals surface area contributed by atoms with Crippen LogP contribution in [0.2, 0.25) is 0 Å². The number of halogens is 1. The quantitative estimate of drug-likeness (QED) is 0.808. The fourth-order valence-corrected chi connectivity index (χ4v) is 1.83. The van der Waals surface area contributed by atoms with Gasteiger partial charge in [0.15, 0.2) is 0 Å². The van der Waals surface area contributed by atoms with E-state index >= 15 is 0 Å². The van der Waals surface area contributed by atoms with E-state index in [2.05, 4.69) is 5.32 Å². The number of amides is 2. The first kappa shape index (κ1) is 17.5. The molecule has 0 saturated carbocycles. The van der Waals surface area contributed by atoms with Crippen molar-refractivity contribution in [3.05, 3.63) is 0 Å². The van der Waals surface area contributed by atoms with Crippen LogP contribution in [-0.4, -0.2) is 53.6 Å². The normalized spacial score (nSPS) is 22.9. The van der Waals surface area contributed by atoms with Crippen molar-refractivity contribution in [2.24, 2.45) is 0 Å². The Balaban J connectivity index is 2.53. The Morgan fingerprint density at radius 2 is 1.57 bits per heavy atom. The topological polar surface area (TPSA) is 67.9 Å². The van der Waals surface area contributed by atoms with Crippen molar-refractivity contribution in [3.8, 4) is 0 Å². The van der Waals surface area contributed by atoms with Crippen molar-refractivity contribution >= 4 is 12.2 Å². The lowest BCUT2D eigenvalue weighted by Gasteiger charge is -2.24. The number of alkyl carbamates (subject to hydrolysis) is 1. The monoisotopic (exact) mass is 304 g/mol. The van der Waals surface area contributed by atoms with E-state index in [1.807, 2.05) is 0 Å². The largest absolute Gasteiger partial charge is 0.444 e. The molecule has 1 N–H and O–H groups in total. The number of likely N-dealkylation sites (tertiary alicyclic amines) is 1. The van der Waals surface area contributed by atoms with Crippen molar-refractivity contribution < 1.29 is 23.5 Å². The molecule has 0 aromatic rings. The average Bonchev–Trinajstić information content (AvgIpc) is 2.54. The van der Waals surface area contributed by atoms with Crippen LogP contribution in [-0.2, 0) is 9.47 Å². The van der Waals surface area contributed by atoms with E-state index in [4.69, 9.17) is 9.47 Å². The molecule has 1 aliphatic heterocycles. The Morgan fingerprint density at radius 3 is 2.05 bits per heavy atom. The van der Waals surface area contributed by atoms with Gasteiger partial charge in [0.25, 0.3) is 0 Å². The molecule has 1 heterocycles. The molecule has 21 heavy (non-hydrogen) atoms. The maximum Gasteiger partial charge on any atom is 0.410 e. The number of carbonyl (C=O) groups excluding carboxylic acids is 2. The third-order valence-electron chi connectivity index (χ3n) is 2.60. The molecule has 2 atom stereocenters. The van der Waals surface area contributed by atoms with Gasteiger partial charge in [0, 0.05) is 6.54 Å². The molecular formula is C14H25FN2O4. The Labute approximate surface area is 125 Å². The van der Waals surface area contributed by atoms with Crippen LogP contribution >= 0.6 is 0 Å². The number of hydrogen-bond donors (Lipinski definition) is 1. The second-order valence-electron chi connectivity index (χ2n) is 7.15. The van der Waals surface area contributed by atoms with E-state index in [1.165, 1.54) is 4.90 Å². The van der Waals surface area contributed by atoms with Crippen molar-refractivity contribution in [1.82, 2.24) is 10.2 Å². The highest BCUT2D eigenvalue weighted by atomic mass is 19.1. The summed E-state index contributed by atoms with van der Waals surface area (Å²) < 4.78 is 24.2. The summed E-state index contributed by atoms with van der Waals surface area (Å²) in [7, 11) is 0. The summed E-state index contributed by atoms with van der Waals surface area (Å²) in [6, 6.07) is -0.785. The highest BCUT2D eigenvalue weighted by Gasteiger charge is 2.38. The van der Waals surface area contributed by atoms with Gasteiger partial charge in [-0.05, 0) is 41.5 Å². The summed E-state index contributed by atoms with van der Waals surface area (Å²) in [5.74, 6) is 0. The van der Waals surface area contributed by atoms with Crippen molar-refractivity contribution in [2.45, 2.75) is 65.0 Å². The smallest absolute Gasteiger partial charge is 0.410 e. The van der Waals surface area contributed by atoms with Gasteiger partial charge in [-0.3, -0.25) is 0 Å². The lowest BCUT2D eigenvalue weighted by molar-refractivity contribution is 0.0277. The Morgan fingerprint density at radius 1 is 1.05 bits per heavy atom. The molecule has 1 rings (SSSR count). The lowest BCUT2D eigenvalue weighted by Crippen LogP contribution is -2.44. The van der Waals surface area contributed by atoms with Gasteiger partial charge < -0.3 is 19.7 Å². The average molecular weight is 304 g/mol. The summed E-state index contributed by atoms with van der Waals surface area (Å²) in [4.78, 5) is 24.7. The van der Waals surface area contributed by atoms with Gasteiger partial charge >= 0.3 is 12.2 Å². The minimum Gasteiger partial charge on any atom is -0.444 e. The molecule has 0 aromatic carbocycles. The van der Waals surface area contributed by atoms with Crippen LogP contribution in [0.5, 0.6) is 0 Å². The van der Waals surface area contributed by atoms with Crippen LogP contribution in [0.4, 0.5) is 14.0 Å². The number of alkyl halides is 1. The molecule has 1 aliphatic rings. The molecule has 1 saturated heterocycles. The molecule has 0 bridgehead atoms. The Hall–Kier alpha value is -1.53. The van der Waals surface area contributed by atoms with Crippen LogP contribution < -0.4 is 5.32 Å². The van der Waals surface area contributed by atoms with E-state index in [9.17, 15) is 14.0 Å². The summed E-state index contributed by atoms with van der Waals surface area (Å²) in [6.45, 7) is 10.4. The number of hydrogen-bond acceptors (Lipinski definition) is 4. The summed E-state index contributed by atoms with van der Waals surface area (Å²) >= 11 is 0. The molecule has 2 amide bonds. The van der Waals surface area contributed by atoms with E-state index in [0.717, 1.165) is 0 Å². The number of carbonyl (C=O) groups is 2. The summed E-state index contributed by atoms with van der Waals surface area (Å²) in [5.41, 5.74) is -1.29. The molecule has 1 fully saturated rings. The molecule has 2 unspecified atom stereocenters. The first-order chi connectivity index (χ1) is 9.37. The molecule has 6 nitrogen and oxygen atoms in total. The first-order valence-electron chi connectivity index (χ1n) is 6.99. The molecule has 122 valence electrons. The minimum absolute atomic E-state index is 0.0648. The fraction of sp³-hybridized carbons (Fsp3) is 0.857. The maximum absolute atomic E-state index is 13.9. The fourth-order valence-electron chi connectivity index (χ4n) is 1.83. The number of rotatable bonds is 1. The molecule has 7 heteroatoms. The van der Waals surface area contributed by atoms with Gasteiger partial charge in [0.1, 0.15) is 17.4 Å². The van der Waals surface area contributed by atoms with Gasteiger partial charge in [-0.15, -0.1) is 0 Å². The minimum atomic E-state index is -1.34. The van der Waals surface area contributed by atoms with E-state index in [-0.39, 0.29) is 13.1 Å². The number of nitrogens with one attached hydrogen (secondary N) is 1. The maximum atomic E-state index is 13.9. The van der Waals surface area contributed by atoms with Crippen LogP contribution in [0.1, 0.15) is 41.5 Å². The molecule has 0 radical (unpaired) electrons. The predicted molar refractivity (Wildman–Crippen MR) is 75.9 cm³/mol.